The maximum atomic E-state index is 12.1. The van der Waals surface area contributed by atoms with E-state index in [0.29, 0.717) is 24.5 Å². The van der Waals surface area contributed by atoms with Crippen molar-refractivity contribution < 1.29 is 9.53 Å². The number of fused-ring (bicyclic) bond motifs is 1. The molecule has 2 aromatic carbocycles. The summed E-state index contributed by atoms with van der Waals surface area (Å²) in [6.07, 6.45) is 0.813. The first kappa shape index (κ1) is 13.2. The largest absolute Gasteiger partial charge is 0.478 e. The monoisotopic (exact) mass is 278 g/mol. The van der Waals surface area contributed by atoms with Crippen LogP contribution in [0.2, 0.25) is 0 Å². The van der Waals surface area contributed by atoms with Crippen molar-refractivity contribution >= 4 is 16.7 Å². The highest BCUT2D eigenvalue weighted by molar-refractivity contribution is 5.90. The average Bonchev–Trinajstić information content (AvgIpc) is 2.94. The van der Waals surface area contributed by atoms with E-state index < -0.39 is 0 Å². The predicted octanol–water partition coefficient (Wildman–Crippen LogP) is 2.65. The minimum absolute atomic E-state index is 0.170. The molecule has 1 heterocycles. The van der Waals surface area contributed by atoms with E-state index in [2.05, 4.69) is 11.4 Å². The van der Waals surface area contributed by atoms with Gasteiger partial charge in [0.15, 0.2) is 0 Å². The molecule has 0 bridgehead atoms. The number of hydrogen-bond acceptors (Lipinski definition) is 3. The van der Waals surface area contributed by atoms with Gasteiger partial charge in [-0.15, -0.1) is 0 Å². The number of nitriles is 1. The van der Waals surface area contributed by atoms with Crippen molar-refractivity contribution in [2.75, 3.05) is 6.61 Å². The lowest BCUT2D eigenvalue weighted by Gasteiger charge is -2.08. The number of nitrogens with one attached hydrogen (secondary N) is 1. The second-order valence-electron chi connectivity index (χ2n) is 4.88. The average molecular weight is 278 g/mol. The maximum absolute atomic E-state index is 12.1. The van der Waals surface area contributed by atoms with Crippen LogP contribution in [0.4, 0.5) is 0 Å². The molecule has 104 valence electrons. The zero-order chi connectivity index (χ0) is 14.7. The van der Waals surface area contributed by atoms with Gasteiger partial charge >= 0.3 is 0 Å². The maximum Gasteiger partial charge on any atom is 0.231 e. The minimum Gasteiger partial charge on any atom is -0.478 e. The lowest BCUT2D eigenvalue weighted by Crippen LogP contribution is -2.25. The Bertz CT molecular complexity index is 766. The van der Waals surface area contributed by atoms with E-state index in [0.717, 1.165) is 16.3 Å². The Kier molecular flexibility index (Phi) is 3.57. The molecule has 0 aromatic heterocycles. The van der Waals surface area contributed by atoms with Gasteiger partial charge in [-0.25, -0.2) is 0 Å². The predicted molar refractivity (Wildman–Crippen MR) is 79.0 cm³/mol. The van der Waals surface area contributed by atoms with Crippen LogP contribution in [0.25, 0.3) is 10.8 Å². The third-order valence-corrected chi connectivity index (χ3v) is 3.49. The number of ether oxygens (including phenoxy) is 1. The summed E-state index contributed by atoms with van der Waals surface area (Å²) < 4.78 is 5.28. The molecule has 21 heavy (non-hydrogen) atoms. The molecule has 0 unspecified atom stereocenters. The molecule has 0 radical (unpaired) electrons. The molecule has 0 saturated carbocycles. The highest BCUT2D eigenvalue weighted by Crippen LogP contribution is 2.20. The number of nitrogens with zero attached hydrogens (tertiary/aromatic N) is 1. The number of rotatable bonds is 3. The van der Waals surface area contributed by atoms with Crippen LogP contribution in [0.5, 0.6) is 0 Å². The van der Waals surface area contributed by atoms with Crippen LogP contribution in [-0.4, -0.2) is 12.5 Å². The molecular formula is C17H14N2O2. The summed E-state index contributed by atoms with van der Waals surface area (Å²) in [5.74, 6) is 0.138. The highest BCUT2D eigenvalue weighted by atomic mass is 16.5. The number of carbonyl (C=O) groups is 1. The van der Waals surface area contributed by atoms with Gasteiger partial charge in [-0.3, -0.25) is 10.1 Å². The Labute approximate surface area is 122 Å². The van der Waals surface area contributed by atoms with Gasteiger partial charge in [0.05, 0.1) is 18.6 Å². The molecule has 0 aliphatic carbocycles. The summed E-state index contributed by atoms with van der Waals surface area (Å²) in [5, 5.41) is 13.8. The lowest BCUT2D eigenvalue weighted by atomic mass is 10.0. The Morgan fingerprint density at radius 3 is 2.90 bits per heavy atom. The number of amides is 1. The van der Waals surface area contributed by atoms with Crippen LogP contribution in [-0.2, 0) is 16.0 Å². The van der Waals surface area contributed by atoms with Gasteiger partial charge in [0.25, 0.3) is 0 Å². The molecule has 0 fully saturated rings. The topological polar surface area (TPSA) is 62.1 Å². The van der Waals surface area contributed by atoms with Crippen LogP contribution in [0.1, 0.15) is 12.0 Å². The quantitative estimate of drug-likeness (QED) is 0.938. The zero-order valence-electron chi connectivity index (χ0n) is 11.4. The van der Waals surface area contributed by atoms with Crippen LogP contribution < -0.4 is 5.32 Å². The Balaban J connectivity index is 1.80. The fourth-order valence-electron chi connectivity index (χ4n) is 2.46. The first-order valence-corrected chi connectivity index (χ1v) is 6.80. The molecule has 0 saturated heterocycles. The van der Waals surface area contributed by atoms with E-state index in [1.807, 2.05) is 42.5 Å². The minimum atomic E-state index is -0.170. The Morgan fingerprint density at radius 1 is 1.24 bits per heavy atom. The van der Waals surface area contributed by atoms with Gasteiger partial charge in [0.1, 0.15) is 6.07 Å². The molecule has 0 spiro atoms. The molecule has 1 aliphatic heterocycles. The molecular weight excluding hydrogens is 264 g/mol. The first-order chi connectivity index (χ1) is 10.3. The van der Waals surface area contributed by atoms with Gasteiger partial charge < -0.3 is 4.74 Å². The lowest BCUT2D eigenvalue weighted by molar-refractivity contribution is -0.120. The van der Waals surface area contributed by atoms with E-state index in [-0.39, 0.29) is 12.3 Å². The van der Waals surface area contributed by atoms with Gasteiger partial charge in [-0.2, -0.15) is 5.26 Å². The van der Waals surface area contributed by atoms with E-state index in [9.17, 15) is 4.79 Å². The SMILES string of the molecule is N#CC1=C(NC(=O)Cc2cccc3ccccc23)OCC1. The van der Waals surface area contributed by atoms with Crippen molar-refractivity contribution in [1.29, 1.82) is 5.26 Å². The number of hydrogen-bond donors (Lipinski definition) is 1. The summed E-state index contributed by atoms with van der Waals surface area (Å²) in [4.78, 5) is 12.1. The van der Waals surface area contributed by atoms with Crippen molar-refractivity contribution in [3.8, 4) is 6.07 Å². The van der Waals surface area contributed by atoms with Crippen LogP contribution in [0.3, 0.4) is 0 Å². The van der Waals surface area contributed by atoms with Crippen molar-refractivity contribution in [2.24, 2.45) is 0 Å². The second-order valence-corrected chi connectivity index (χ2v) is 4.88. The molecule has 3 rings (SSSR count). The Hall–Kier alpha value is -2.80. The normalized spacial score (nSPS) is 13.9. The Morgan fingerprint density at radius 2 is 2.05 bits per heavy atom. The van der Waals surface area contributed by atoms with Crippen LogP contribution in [0, 0.1) is 11.3 Å². The van der Waals surface area contributed by atoms with E-state index in [1.165, 1.54) is 0 Å². The van der Waals surface area contributed by atoms with Gasteiger partial charge in [-0.1, -0.05) is 42.5 Å². The van der Waals surface area contributed by atoms with Crippen molar-refractivity contribution in [1.82, 2.24) is 5.32 Å². The fraction of sp³-hybridized carbons (Fsp3) is 0.176. The number of benzene rings is 2. The molecule has 0 atom stereocenters. The third kappa shape index (κ3) is 2.72. The molecule has 1 amide bonds. The van der Waals surface area contributed by atoms with E-state index in [4.69, 9.17) is 10.00 Å². The summed E-state index contributed by atoms with van der Waals surface area (Å²) in [5.41, 5.74) is 1.46. The standard InChI is InChI=1S/C17H14N2O2/c18-11-14-8-9-21-17(14)19-16(20)10-13-6-3-5-12-4-1-2-7-15(12)13/h1-7H,8-10H2,(H,19,20). The third-order valence-electron chi connectivity index (χ3n) is 3.49. The van der Waals surface area contributed by atoms with Crippen molar-refractivity contribution in [2.45, 2.75) is 12.8 Å². The molecule has 2 aromatic rings. The first-order valence-electron chi connectivity index (χ1n) is 6.80. The number of carbonyl (C=O) groups excluding carboxylic acids is 1. The van der Waals surface area contributed by atoms with Crippen LogP contribution in [0.15, 0.2) is 53.9 Å². The van der Waals surface area contributed by atoms with E-state index in [1.54, 1.807) is 0 Å². The van der Waals surface area contributed by atoms with Gasteiger partial charge in [0.2, 0.25) is 11.8 Å². The summed E-state index contributed by atoms with van der Waals surface area (Å²) in [6, 6.07) is 15.9. The summed E-state index contributed by atoms with van der Waals surface area (Å²) >= 11 is 0. The smallest absolute Gasteiger partial charge is 0.231 e. The van der Waals surface area contributed by atoms with Crippen molar-refractivity contribution in [3.05, 3.63) is 59.5 Å². The second kappa shape index (κ2) is 5.68. The highest BCUT2D eigenvalue weighted by Gasteiger charge is 2.18. The molecule has 4 nitrogen and oxygen atoms in total. The molecule has 1 N–H and O–H groups in total. The van der Waals surface area contributed by atoms with Gasteiger partial charge in [0, 0.05) is 6.42 Å². The molecule has 1 aliphatic rings. The van der Waals surface area contributed by atoms with E-state index >= 15 is 0 Å². The fourth-order valence-corrected chi connectivity index (χ4v) is 2.46. The van der Waals surface area contributed by atoms with Crippen molar-refractivity contribution in [3.63, 3.8) is 0 Å². The molecule has 4 heteroatoms. The summed E-state index contributed by atoms with van der Waals surface area (Å²) in [7, 11) is 0. The summed E-state index contributed by atoms with van der Waals surface area (Å²) in [6.45, 7) is 0.451. The van der Waals surface area contributed by atoms with Crippen LogP contribution >= 0.6 is 0 Å². The van der Waals surface area contributed by atoms with Gasteiger partial charge in [-0.05, 0) is 16.3 Å². The zero-order valence-corrected chi connectivity index (χ0v) is 11.4.